The van der Waals surface area contributed by atoms with Gasteiger partial charge in [-0.1, -0.05) is 20.3 Å². The maximum absolute atomic E-state index is 12.7. The molecule has 1 saturated heterocycles. The van der Waals surface area contributed by atoms with Crippen LogP contribution in [0.1, 0.15) is 38.0 Å². The van der Waals surface area contributed by atoms with E-state index in [1.807, 2.05) is 6.07 Å². The minimum Gasteiger partial charge on any atom is -0.356 e. The van der Waals surface area contributed by atoms with Gasteiger partial charge in [0.05, 0.1) is 6.54 Å². The lowest BCUT2D eigenvalue weighted by Crippen LogP contribution is -2.38. The quantitative estimate of drug-likeness (QED) is 0.593. The number of aliphatic imine (C=N–C) groups is 1. The van der Waals surface area contributed by atoms with Gasteiger partial charge in [-0.05, 0) is 30.9 Å². The summed E-state index contributed by atoms with van der Waals surface area (Å²) in [5.74, 6) is 1.27. The molecule has 0 atom stereocenters. The zero-order chi connectivity index (χ0) is 17.6. The first-order valence-electron chi connectivity index (χ1n) is 8.47. The summed E-state index contributed by atoms with van der Waals surface area (Å²) in [5, 5.41) is 6.47. The van der Waals surface area contributed by atoms with Crippen molar-refractivity contribution in [2.75, 3.05) is 26.7 Å². The Bertz CT molecular complexity index is 647. The number of nitrogens with zero attached hydrogens (tertiary/aromatic N) is 2. The molecular formula is C16H28N4O2S2. The van der Waals surface area contributed by atoms with Crippen LogP contribution in [0.15, 0.2) is 21.3 Å². The summed E-state index contributed by atoms with van der Waals surface area (Å²) < 4.78 is 27.4. The molecule has 2 heterocycles. The van der Waals surface area contributed by atoms with Crippen LogP contribution in [-0.4, -0.2) is 45.4 Å². The Hall–Kier alpha value is -1.12. The summed E-state index contributed by atoms with van der Waals surface area (Å²) in [4.78, 5) is 5.16. The van der Waals surface area contributed by atoms with Gasteiger partial charge in [-0.2, -0.15) is 4.31 Å². The zero-order valence-electron chi connectivity index (χ0n) is 14.7. The smallest absolute Gasteiger partial charge is 0.252 e. The monoisotopic (exact) mass is 372 g/mol. The SMILES string of the molecule is CN=C(NCc1ccc(S(=O)(=O)N2CCCCC2)s1)NCC(C)C. The molecule has 0 bridgehead atoms. The number of nitrogens with one attached hydrogen (secondary N) is 2. The first-order chi connectivity index (χ1) is 11.4. The molecule has 0 amide bonds. The molecule has 24 heavy (non-hydrogen) atoms. The van der Waals surface area contributed by atoms with Crippen LogP contribution in [0.2, 0.25) is 0 Å². The third kappa shape index (κ3) is 5.19. The summed E-state index contributed by atoms with van der Waals surface area (Å²) in [6, 6.07) is 3.60. The third-order valence-electron chi connectivity index (χ3n) is 3.88. The molecule has 1 aliphatic heterocycles. The minimum atomic E-state index is -3.33. The lowest BCUT2D eigenvalue weighted by Gasteiger charge is -2.25. The van der Waals surface area contributed by atoms with Crippen molar-refractivity contribution in [1.29, 1.82) is 0 Å². The number of piperidine rings is 1. The van der Waals surface area contributed by atoms with Gasteiger partial charge in [0.1, 0.15) is 4.21 Å². The standard InChI is InChI=1S/C16H28N4O2S2/c1-13(2)11-18-16(17-3)19-12-14-7-8-15(23-14)24(21,22)20-9-5-4-6-10-20/h7-8,13H,4-6,9-12H2,1-3H3,(H2,17,18,19). The van der Waals surface area contributed by atoms with Crippen LogP contribution in [0.5, 0.6) is 0 Å². The fraction of sp³-hybridized carbons (Fsp3) is 0.688. The topological polar surface area (TPSA) is 73.8 Å². The third-order valence-corrected chi connectivity index (χ3v) is 7.33. The first-order valence-corrected chi connectivity index (χ1v) is 10.7. The highest BCUT2D eigenvalue weighted by atomic mass is 32.2. The van der Waals surface area contributed by atoms with Crippen molar-refractivity contribution >= 4 is 27.3 Å². The average Bonchev–Trinajstić information content (AvgIpc) is 3.05. The molecule has 1 fully saturated rings. The molecule has 2 N–H and O–H groups in total. The summed E-state index contributed by atoms with van der Waals surface area (Å²) in [5.41, 5.74) is 0. The molecule has 6 nitrogen and oxygen atoms in total. The lowest BCUT2D eigenvalue weighted by molar-refractivity contribution is 0.347. The van der Waals surface area contributed by atoms with Gasteiger partial charge in [0.25, 0.3) is 10.0 Å². The fourth-order valence-corrected chi connectivity index (χ4v) is 5.48. The number of hydrogen-bond donors (Lipinski definition) is 2. The highest BCUT2D eigenvalue weighted by molar-refractivity contribution is 7.91. The van der Waals surface area contributed by atoms with Crippen LogP contribution in [0, 0.1) is 5.92 Å². The number of thiophene rings is 1. The van der Waals surface area contributed by atoms with Crippen LogP contribution < -0.4 is 10.6 Å². The Labute approximate surface area is 149 Å². The van der Waals surface area contributed by atoms with Crippen molar-refractivity contribution in [3.05, 3.63) is 17.0 Å². The van der Waals surface area contributed by atoms with Crippen molar-refractivity contribution < 1.29 is 8.42 Å². The van der Waals surface area contributed by atoms with E-state index in [0.717, 1.165) is 36.6 Å². The molecule has 0 saturated carbocycles. The Morgan fingerprint density at radius 1 is 1.25 bits per heavy atom. The largest absolute Gasteiger partial charge is 0.356 e. The normalized spacial score (nSPS) is 17.2. The van der Waals surface area contributed by atoms with Gasteiger partial charge in [0, 0.05) is 31.6 Å². The molecule has 1 aromatic rings. The van der Waals surface area contributed by atoms with E-state index < -0.39 is 10.0 Å². The number of sulfonamides is 1. The van der Waals surface area contributed by atoms with E-state index in [9.17, 15) is 8.42 Å². The van der Waals surface area contributed by atoms with Crippen molar-refractivity contribution in [1.82, 2.24) is 14.9 Å². The number of hydrogen-bond acceptors (Lipinski definition) is 4. The van der Waals surface area contributed by atoms with Crippen molar-refractivity contribution in [2.24, 2.45) is 10.9 Å². The zero-order valence-corrected chi connectivity index (χ0v) is 16.3. The summed E-state index contributed by atoms with van der Waals surface area (Å²) >= 11 is 1.34. The second kappa shape index (κ2) is 8.82. The average molecular weight is 373 g/mol. The second-order valence-corrected chi connectivity index (χ2v) is 9.72. The predicted molar refractivity (Wildman–Crippen MR) is 100.0 cm³/mol. The van der Waals surface area contributed by atoms with E-state index >= 15 is 0 Å². The van der Waals surface area contributed by atoms with E-state index in [-0.39, 0.29) is 0 Å². The fourth-order valence-electron chi connectivity index (χ4n) is 2.52. The molecule has 0 aliphatic carbocycles. The number of rotatable bonds is 6. The van der Waals surface area contributed by atoms with Gasteiger partial charge >= 0.3 is 0 Å². The first kappa shape index (κ1) is 19.2. The Kier molecular flexibility index (Phi) is 7.06. The van der Waals surface area contributed by atoms with Gasteiger partial charge in [-0.25, -0.2) is 8.42 Å². The maximum atomic E-state index is 12.7. The molecule has 0 aromatic carbocycles. The molecule has 136 valence electrons. The highest BCUT2D eigenvalue weighted by Crippen LogP contribution is 2.26. The molecule has 0 radical (unpaired) electrons. The Morgan fingerprint density at radius 2 is 1.96 bits per heavy atom. The van der Waals surface area contributed by atoms with Crippen LogP contribution >= 0.6 is 11.3 Å². The van der Waals surface area contributed by atoms with Crippen LogP contribution in [0.4, 0.5) is 0 Å². The van der Waals surface area contributed by atoms with Crippen molar-refractivity contribution in [2.45, 2.75) is 43.9 Å². The predicted octanol–water partition coefficient (Wildman–Crippen LogP) is 2.24. The van der Waals surface area contributed by atoms with E-state index in [0.29, 0.717) is 29.8 Å². The second-order valence-electron chi connectivity index (χ2n) is 6.39. The van der Waals surface area contributed by atoms with E-state index in [2.05, 4.69) is 29.5 Å². The minimum absolute atomic E-state index is 0.436. The highest BCUT2D eigenvalue weighted by Gasteiger charge is 2.27. The molecule has 2 rings (SSSR count). The van der Waals surface area contributed by atoms with Gasteiger partial charge < -0.3 is 10.6 Å². The number of guanidine groups is 1. The lowest BCUT2D eigenvalue weighted by atomic mass is 10.2. The molecule has 0 spiro atoms. The molecule has 1 aliphatic rings. The van der Waals surface area contributed by atoms with E-state index in [4.69, 9.17) is 0 Å². The van der Waals surface area contributed by atoms with Gasteiger partial charge in [0.15, 0.2) is 5.96 Å². The van der Waals surface area contributed by atoms with Crippen LogP contribution in [-0.2, 0) is 16.6 Å². The van der Waals surface area contributed by atoms with Crippen molar-refractivity contribution in [3.63, 3.8) is 0 Å². The van der Waals surface area contributed by atoms with E-state index in [1.54, 1.807) is 17.4 Å². The Balaban J connectivity index is 1.95. The molecule has 1 aromatic heterocycles. The van der Waals surface area contributed by atoms with Crippen LogP contribution in [0.25, 0.3) is 0 Å². The maximum Gasteiger partial charge on any atom is 0.252 e. The Morgan fingerprint density at radius 3 is 2.58 bits per heavy atom. The summed E-state index contributed by atoms with van der Waals surface area (Å²) in [6.07, 6.45) is 3.03. The summed E-state index contributed by atoms with van der Waals surface area (Å²) in [7, 11) is -1.60. The van der Waals surface area contributed by atoms with Gasteiger partial charge in [-0.3, -0.25) is 4.99 Å². The van der Waals surface area contributed by atoms with Gasteiger partial charge in [0.2, 0.25) is 0 Å². The van der Waals surface area contributed by atoms with Crippen LogP contribution in [0.3, 0.4) is 0 Å². The van der Waals surface area contributed by atoms with Crippen molar-refractivity contribution in [3.8, 4) is 0 Å². The molecule has 8 heteroatoms. The molecular weight excluding hydrogens is 344 g/mol. The molecule has 0 unspecified atom stereocenters. The summed E-state index contributed by atoms with van der Waals surface area (Å²) in [6.45, 7) is 6.96. The van der Waals surface area contributed by atoms with E-state index in [1.165, 1.54) is 11.3 Å². The van der Waals surface area contributed by atoms with Gasteiger partial charge in [-0.15, -0.1) is 11.3 Å².